The summed E-state index contributed by atoms with van der Waals surface area (Å²) in [7, 11) is 0. The summed E-state index contributed by atoms with van der Waals surface area (Å²) in [4.78, 5) is 16.0. The molecule has 2 rings (SSSR count). The van der Waals surface area contributed by atoms with Gasteiger partial charge in [0.05, 0.1) is 5.01 Å². The zero-order chi connectivity index (χ0) is 13.5. The van der Waals surface area contributed by atoms with Crippen LogP contribution in [0.2, 0.25) is 0 Å². The van der Waals surface area contributed by atoms with Crippen LogP contribution in [0.5, 0.6) is 0 Å². The summed E-state index contributed by atoms with van der Waals surface area (Å²) in [5, 5.41) is 10.1. The first-order valence-corrected chi connectivity index (χ1v) is 7.27. The van der Waals surface area contributed by atoms with Crippen LogP contribution in [0, 0.1) is 6.92 Å². The Kier molecular flexibility index (Phi) is 5.09. The van der Waals surface area contributed by atoms with Gasteiger partial charge in [0, 0.05) is 49.4 Å². The maximum absolute atomic E-state index is 11.6. The van der Waals surface area contributed by atoms with E-state index in [0.717, 1.165) is 30.1 Å². The van der Waals surface area contributed by atoms with E-state index in [4.69, 9.17) is 0 Å². The Hall–Kier alpha value is -1.69. The van der Waals surface area contributed by atoms with Crippen molar-refractivity contribution in [1.82, 2.24) is 20.1 Å². The molecule has 0 atom stereocenters. The first-order chi connectivity index (χ1) is 9.24. The topological polar surface area (TPSA) is 59.8 Å². The Balaban J connectivity index is 1.57. The van der Waals surface area contributed by atoms with Crippen molar-refractivity contribution in [3.05, 3.63) is 34.5 Å². The molecule has 0 saturated carbocycles. The summed E-state index contributed by atoms with van der Waals surface area (Å²) in [6, 6.07) is 1.89. The van der Waals surface area contributed by atoms with Crippen LogP contribution in [-0.4, -0.2) is 27.2 Å². The Morgan fingerprint density at radius 1 is 1.53 bits per heavy atom. The van der Waals surface area contributed by atoms with Gasteiger partial charge in [-0.2, -0.15) is 5.10 Å². The lowest BCUT2D eigenvalue weighted by molar-refractivity contribution is -0.121. The monoisotopic (exact) mass is 278 g/mol. The van der Waals surface area contributed by atoms with Crippen LogP contribution in [0.15, 0.2) is 23.8 Å². The van der Waals surface area contributed by atoms with Crippen molar-refractivity contribution in [3.8, 4) is 0 Å². The molecule has 1 N–H and O–H groups in total. The molecule has 0 aliphatic heterocycles. The van der Waals surface area contributed by atoms with Crippen molar-refractivity contribution in [1.29, 1.82) is 0 Å². The number of carbonyl (C=O) groups is 1. The maximum Gasteiger partial charge on any atom is 0.220 e. The molecule has 0 radical (unpaired) electrons. The number of aryl methyl sites for hydroxylation is 2. The van der Waals surface area contributed by atoms with Crippen LogP contribution < -0.4 is 5.32 Å². The fourth-order valence-electron chi connectivity index (χ4n) is 1.75. The van der Waals surface area contributed by atoms with Gasteiger partial charge in [0.25, 0.3) is 0 Å². The summed E-state index contributed by atoms with van der Waals surface area (Å²) in [6.07, 6.45) is 5.81. The summed E-state index contributed by atoms with van der Waals surface area (Å²) in [5.74, 6) is 0.0976. The van der Waals surface area contributed by atoms with Crippen LogP contribution in [0.4, 0.5) is 0 Å². The fraction of sp³-hybridized carbons (Fsp3) is 0.462. The van der Waals surface area contributed by atoms with E-state index in [9.17, 15) is 4.79 Å². The van der Waals surface area contributed by atoms with Crippen molar-refractivity contribution in [2.45, 2.75) is 32.7 Å². The molecule has 19 heavy (non-hydrogen) atoms. The molecule has 2 heterocycles. The van der Waals surface area contributed by atoms with Gasteiger partial charge in [-0.1, -0.05) is 0 Å². The number of carbonyl (C=O) groups excluding carboxylic acids is 1. The summed E-state index contributed by atoms with van der Waals surface area (Å²) in [6.45, 7) is 3.42. The molecule has 0 fully saturated rings. The minimum Gasteiger partial charge on any atom is -0.356 e. The van der Waals surface area contributed by atoms with E-state index >= 15 is 0 Å². The predicted molar refractivity (Wildman–Crippen MR) is 75.0 cm³/mol. The molecule has 0 spiro atoms. The number of hydrogen-bond acceptors (Lipinski definition) is 4. The SMILES string of the molecule is Cc1csc(CCNC(=O)CCCn2cccn2)n1. The van der Waals surface area contributed by atoms with Crippen LogP contribution in [0.1, 0.15) is 23.5 Å². The summed E-state index contributed by atoms with van der Waals surface area (Å²) < 4.78 is 1.84. The van der Waals surface area contributed by atoms with Crippen molar-refractivity contribution >= 4 is 17.2 Å². The second-order valence-electron chi connectivity index (χ2n) is 4.36. The predicted octanol–water partition coefficient (Wildman–Crippen LogP) is 1.79. The maximum atomic E-state index is 11.6. The number of rotatable bonds is 7. The van der Waals surface area contributed by atoms with E-state index in [1.165, 1.54) is 0 Å². The molecule has 2 aromatic heterocycles. The average molecular weight is 278 g/mol. The summed E-state index contributed by atoms with van der Waals surface area (Å²) in [5.41, 5.74) is 1.05. The average Bonchev–Trinajstić information content (AvgIpc) is 3.01. The second kappa shape index (κ2) is 7.04. The third-order valence-electron chi connectivity index (χ3n) is 2.68. The third kappa shape index (κ3) is 4.82. The van der Waals surface area contributed by atoms with E-state index < -0.39 is 0 Å². The lowest BCUT2D eigenvalue weighted by Crippen LogP contribution is -2.25. The molecule has 0 saturated heterocycles. The molecule has 0 aromatic carbocycles. The lowest BCUT2D eigenvalue weighted by Gasteiger charge is -2.04. The van der Waals surface area contributed by atoms with Crippen LogP contribution in [0.3, 0.4) is 0 Å². The van der Waals surface area contributed by atoms with Gasteiger partial charge in [-0.25, -0.2) is 4.98 Å². The molecular formula is C13H18N4OS. The van der Waals surface area contributed by atoms with Crippen molar-refractivity contribution in [2.75, 3.05) is 6.54 Å². The molecule has 0 aliphatic rings. The van der Waals surface area contributed by atoms with Gasteiger partial charge in [-0.3, -0.25) is 9.48 Å². The Morgan fingerprint density at radius 3 is 3.11 bits per heavy atom. The fourth-order valence-corrected chi connectivity index (χ4v) is 2.53. The van der Waals surface area contributed by atoms with Gasteiger partial charge in [-0.15, -0.1) is 11.3 Å². The first-order valence-electron chi connectivity index (χ1n) is 6.39. The molecule has 102 valence electrons. The Bertz CT molecular complexity index is 506. The van der Waals surface area contributed by atoms with Crippen molar-refractivity contribution in [3.63, 3.8) is 0 Å². The van der Waals surface area contributed by atoms with Gasteiger partial charge < -0.3 is 5.32 Å². The van der Waals surface area contributed by atoms with E-state index in [0.29, 0.717) is 13.0 Å². The largest absolute Gasteiger partial charge is 0.356 e. The quantitative estimate of drug-likeness (QED) is 0.840. The van der Waals surface area contributed by atoms with E-state index in [-0.39, 0.29) is 5.91 Å². The Morgan fingerprint density at radius 2 is 2.42 bits per heavy atom. The van der Waals surface area contributed by atoms with Gasteiger partial charge in [0.2, 0.25) is 5.91 Å². The third-order valence-corrected chi connectivity index (χ3v) is 3.70. The van der Waals surface area contributed by atoms with Gasteiger partial charge in [0.15, 0.2) is 0 Å². The molecule has 0 aliphatic carbocycles. The molecule has 0 unspecified atom stereocenters. The van der Waals surface area contributed by atoms with Crippen molar-refractivity contribution < 1.29 is 4.79 Å². The highest BCUT2D eigenvalue weighted by atomic mass is 32.1. The molecular weight excluding hydrogens is 260 g/mol. The minimum atomic E-state index is 0.0976. The molecule has 0 bridgehead atoms. The standard InChI is InChI=1S/C13H18N4OS/c1-11-10-19-13(16-11)5-7-14-12(18)4-2-8-17-9-3-6-15-17/h3,6,9-10H,2,4-5,7-8H2,1H3,(H,14,18). The molecule has 1 amide bonds. The molecule has 5 nitrogen and oxygen atoms in total. The number of thiazole rings is 1. The van der Waals surface area contributed by atoms with E-state index in [2.05, 4.69) is 15.4 Å². The highest BCUT2D eigenvalue weighted by Gasteiger charge is 2.03. The van der Waals surface area contributed by atoms with Gasteiger partial charge >= 0.3 is 0 Å². The minimum absolute atomic E-state index is 0.0976. The number of amides is 1. The van der Waals surface area contributed by atoms with Gasteiger partial charge in [0.1, 0.15) is 0 Å². The second-order valence-corrected chi connectivity index (χ2v) is 5.30. The normalized spacial score (nSPS) is 10.6. The van der Waals surface area contributed by atoms with Crippen LogP contribution >= 0.6 is 11.3 Å². The van der Waals surface area contributed by atoms with Gasteiger partial charge in [-0.05, 0) is 19.4 Å². The zero-order valence-electron chi connectivity index (χ0n) is 11.0. The highest BCUT2D eigenvalue weighted by molar-refractivity contribution is 7.09. The number of hydrogen-bond donors (Lipinski definition) is 1. The number of nitrogens with one attached hydrogen (secondary N) is 1. The molecule has 6 heteroatoms. The highest BCUT2D eigenvalue weighted by Crippen LogP contribution is 2.08. The number of nitrogens with zero attached hydrogens (tertiary/aromatic N) is 3. The lowest BCUT2D eigenvalue weighted by atomic mass is 10.3. The summed E-state index contributed by atoms with van der Waals surface area (Å²) >= 11 is 1.64. The van der Waals surface area contributed by atoms with E-state index in [1.807, 2.05) is 29.2 Å². The van der Waals surface area contributed by atoms with Crippen molar-refractivity contribution in [2.24, 2.45) is 0 Å². The molecule has 2 aromatic rings. The Labute approximate surface area is 116 Å². The number of aromatic nitrogens is 3. The van der Waals surface area contributed by atoms with Crippen LogP contribution in [-0.2, 0) is 17.8 Å². The van der Waals surface area contributed by atoms with E-state index in [1.54, 1.807) is 17.5 Å². The zero-order valence-corrected chi connectivity index (χ0v) is 11.8. The smallest absolute Gasteiger partial charge is 0.220 e. The first kappa shape index (κ1) is 13.7. The van der Waals surface area contributed by atoms with Crippen LogP contribution in [0.25, 0.3) is 0 Å².